The fourth-order valence-corrected chi connectivity index (χ4v) is 2.78. The molecule has 0 radical (unpaired) electrons. The van der Waals surface area contributed by atoms with Crippen molar-refractivity contribution in [3.63, 3.8) is 0 Å². The summed E-state index contributed by atoms with van der Waals surface area (Å²) in [5.74, 6) is 0. The molecule has 1 atom stereocenters. The molecule has 1 saturated heterocycles. The van der Waals surface area contributed by atoms with Crippen LogP contribution in [0.1, 0.15) is 24.4 Å². The zero-order valence-corrected chi connectivity index (χ0v) is 9.76. The highest BCUT2D eigenvalue weighted by molar-refractivity contribution is 6.31. The molecular weight excluding hydrogens is 208 g/mol. The number of quaternary nitrogens is 2. The van der Waals surface area contributed by atoms with E-state index in [0.717, 1.165) is 11.6 Å². The van der Waals surface area contributed by atoms with E-state index in [9.17, 15) is 0 Å². The van der Waals surface area contributed by atoms with Gasteiger partial charge in [-0.15, -0.1) is 0 Å². The van der Waals surface area contributed by atoms with Crippen molar-refractivity contribution in [2.45, 2.75) is 18.9 Å². The lowest BCUT2D eigenvalue weighted by molar-refractivity contribution is -0.926. The van der Waals surface area contributed by atoms with Crippen molar-refractivity contribution in [1.29, 1.82) is 0 Å². The van der Waals surface area contributed by atoms with Gasteiger partial charge >= 0.3 is 0 Å². The topological polar surface area (TPSA) is 32.1 Å². The van der Waals surface area contributed by atoms with E-state index in [0.29, 0.717) is 6.04 Å². The minimum absolute atomic E-state index is 0.487. The maximum absolute atomic E-state index is 6.24. The highest BCUT2D eigenvalue weighted by Crippen LogP contribution is 2.20. The summed E-state index contributed by atoms with van der Waals surface area (Å²) in [5, 5.41) is 0.894. The molecule has 1 fully saturated rings. The number of nitrogens with one attached hydrogen (secondary N) is 1. The first-order chi connectivity index (χ1) is 7.33. The smallest absolute Gasteiger partial charge is 0.164 e. The molecule has 0 amide bonds. The average molecular weight is 227 g/mol. The molecular formula is C12H19ClN2+2. The molecule has 1 aliphatic rings. The molecule has 0 aliphatic carbocycles. The molecule has 2 rings (SSSR count). The molecule has 0 bridgehead atoms. The molecule has 2 nitrogen and oxygen atoms in total. The van der Waals surface area contributed by atoms with E-state index in [1.807, 2.05) is 12.1 Å². The molecule has 1 heterocycles. The van der Waals surface area contributed by atoms with Crippen molar-refractivity contribution in [1.82, 2.24) is 0 Å². The van der Waals surface area contributed by atoms with Gasteiger partial charge in [-0.3, -0.25) is 0 Å². The molecule has 82 valence electrons. The van der Waals surface area contributed by atoms with Crippen LogP contribution in [0.15, 0.2) is 24.3 Å². The summed E-state index contributed by atoms with van der Waals surface area (Å²) >= 11 is 6.24. The van der Waals surface area contributed by atoms with Crippen LogP contribution in [0, 0.1) is 0 Å². The van der Waals surface area contributed by atoms with Crippen molar-refractivity contribution in [2.75, 3.05) is 19.6 Å². The molecule has 3 heteroatoms. The molecule has 0 spiro atoms. The number of likely N-dealkylation sites (tertiary alicyclic amines) is 1. The Morgan fingerprint density at radius 3 is 2.53 bits per heavy atom. The molecule has 0 aromatic heterocycles. The Kier molecular flexibility index (Phi) is 3.62. The number of hydrogen-bond donors (Lipinski definition) is 2. The van der Waals surface area contributed by atoms with E-state index in [1.54, 1.807) is 4.90 Å². The zero-order chi connectivity index (χ0) is 10.7. The van der Waals surface area contributed by atoms with E-state index in [4.69, 9.17) is 11.6 Å². The monoisotopic (exact) mass is 226 g/mol. The number of rotatable bonds is 3. The molecule has 0 unspecified atom stereocenters. The van der Waals surface area contributed by atoms with Crippen LogP contribution < -0.4 is 10.6 Å². The van der Waals surface area contributed by atoms with E-state index in [2.05, 4.69) is 17.9 Å². The van der Waals surface area contributed by atoms with Gasteiger partial charge in [0.2, 0.25) is 0 Å². The Balaban J connectivity index is 2.22. The first-order valence-electron chi connectivity index (χ1n) is 5.71. The van der Waals surface area contributed by atoms with Crippen molar-refractivity contribution in [3.8, 4) is 0 Å². The van der Waals surface area contributed by atoms with Crippen LogP contribution in [0.5, 0.6) is 0 Å². The highest BCUT2D eigenvalue weighted by atomic mass is 35.5. The standard InChI is InChI=1S/C12H17ClN2/c13-11-6-2-1-5-10(11)12(9-14)15-7-3-4-8-15/h1-2,5-6,12H,3-4,7-9,14H2/p+2/t12-/m1/s1. The van der Waals surface area contributed by atoms with E-state index in [-0.39, 0.29) is 0 Å². The first kappa shape index (κ1) is 10.9. The van der Waals surface area contributed by atoms with Crippen LogP contribution in [0.2, 0.25) is 5.02 Å². The van der Waals surface area contributed by atoms with Gasteiger partial charge in [0.05, 0.1) is 13.1 Å². The molecule has 15 heavy (non-hydrogen) atoms. The van der Waals surface area contributed by atoms with Crippen molar-refractivity contribution in [3.05, 3.63) is 34.9 Å². The number of hydrogen-bond acceptors (Lipinski definition) is 0. The van der Waals surface area contributed by atoms with Crippen molar-refractivity contribution < 1.29 is 10.6 Å². The molecule has 1 aliphatic heterocycles. The fraction of sp³-hybridized carbons (Fsp3) is 0.500. The first-order valence-corrected chi connectivity index (χ1v) is 6.09. The maximum atomic E-state index is 6.24. The Morgan fingerprint density at radius 1 is 1.27 bits per heavy atom. The zero-order valence-electron chi connectivity index (χ0n) is 9.01. The van der Waals surface area contributed by atoms with Crippen LogP contribution in [0.4, 0.5) is 0 Å². The molecule has 4 N–H and O–H groups in total. The summed E-state index contributed by atoms with van der Waals surface area (Å²) in [5.41, 5.74) is 5.34. The van der Waals surface area contributed by atoms with Crippen LogP contribution in [-0.2, 0) is 0 Å². The lowest BCUT2D eigenvalue weighted by Crippen LogP contribution is -3.11. The van der Waals surface area contributed by atoms with Crippen molar-refractivity contribution in [2.24, 2.45) is 0 Å². The Hall–Kier alpha value is -0.570. The SMILES string of the molecule is [NH3+]C[C@H](c1ccccc1Cl)[NH+]1CCCC1. The number of benzene rings is 1. The molecule has 1 aromatic carbocycles. The summed E-state index contributed by atoms with van der Waals surface area (Å²) in [4.78, 5) is 1.65. The van der Waals surface area contributed by atoms with Gasteiger partial charge in [-0.2, -0.15) is 0 Å². The van der Waals surface area contributed by atoms with E-state index < -0.39 is 0 Å². The van der Waals surface area contributed by atoms with Crippen LogP contribution in [-0.4, -0.2) is 19.6 Å². The van der Waals surface area contributed by atoms with Gasteiger partial charge in [0.25, 0.3) is 0 Å². The van der Waals surface area contributed by atoms with Gasteiger partial charge in [-0.25, -0.2) is 0 Å². The van der Waals surface area contributed by atoms with Gasteiger partial charge in [0, 0.05) is 23.4 Å². The minimum atomic E-state index is 0.487. The third-order valence-corrected chi connectivity index (χ3v) is 3.65. The quantitative estimate of drug-likeness (QED) is 0.744. The van der Waals surface area contributed by atoms with E-state index in [1.165, 1.54) is 31.5 Å². The maximum Gasteiger partial charge on any atom is 0.164 e. The summed E-state index contributed by atoms with van der Waals surface area (Å²) < 4.78 is 0. The van der Waals surface area contributed by atoms with Crippen LogP contribution in [0.25, 0.3) is 0 Å². The minimum Gasteiger partial charge on any atom is -0.352 e. The molecule has 1 aromatic rings. The van der Waals surface area contributed by atoms with E-state index >= 15 is 0 Å². The predicted molar refractivity (Wildman–Crippen MR) is 61.9 cm³/mol. The second-order valence-corrected chi connectivity index (χ2v) is 4.64. The predicted octanol–water partition coefficient (Wildman–Crippen LogP) is 0.302. The largest absolute Gasteiger partial charge is 0.352 e. The number of halogens is 1. The van der Waals surface area contributed by atoms with Gasteiger partial charge in [0.15, 0.2) is 6.04 Å². The van der Waals surface area contributed by atoms with Gasteiger partial charge in [-0.1, -0.05) is 29.8 Å². The average Bonchev–Trinajstić information content (AvgIpc) is 2.75. The third kappa shape index (κ3) is 2.33. The van der Waals surface area contributed by atoms with Gasteiger partial charge in [0.1, 0.15) is 6.54 Å². The second kappa shape index (κ2) is 4.97. The third-order valence-electron chi connectivity index (χ3n) is 3.31. The fourth-order valence-electron chi connectivity index (χ4n) is 2.51. The Morgan fingerprint density at radius 2 is 1.93 bits per heavy atom. The Labute approximate surface area is 96.0 Å². The second-order valence-electron chi connectivity index (χ2n) is 4.23. The van der Waals surface area contributed by atoms with Crippen LogP contribution >= 0.6 is 11.6 Å². The summed E-state index contributed by atoms with van der Waals surface area (Å²) in [7, 11) is 0. The highest BCUT2D eigenvalue weighted by Gasteiger charge is 2.28. The van der Waals surface area contributed by atoms with Gasteiger partial charge < -0.3 is 10.6 Å². The lowest BCUT2D eigenvalue weighted by atomic mass is 10.1. The van der Waals surface area contributed by atoms with Crippen LogP contribution in [0.3, 0.4) is 0 Å². The molecule has 0 saturated carbocycles. The van der Waals surface area contributed by atoms with Gasteiger partial charge in [-0.05, 0) is 6.07 Å². The summed E-state index contributed by atoms with van der Waals surface area (Å²) in [6.45, 7) is 3.47. The Bertz CT molecular complexity index is 321. The summed E-state index contributed by atoms with van der Waals surface area (Å²) in [6.07, 6.45) is 2.69. The summed E-state index contributed by atoms with van der Waals surface area (Å²) in [6, 6.07) is 8.67. The van der Waals surface area contributed by atoms with Crippen molar-refractivity contribution >= 4 is 11.6 Å². The normalized spacial score (nSPS) is 19.3. The lowest BCUT2D eigenvalue weighted by Gasteiger charge is -2.22.